The second-order valence-corrected chi connectivity index (χ2v) is 24.8. The van der Waals surface area contributed by atoms with Gasteiger partial charge < -0.3 is 0 Å². The van der Waals surface area contributed by atoms with E-state index in [2.05, 4.69) is 110 Å². The number of methoxy groups -OCH3 is 1. The van der Waals surface area contributed by atoms with Crippen molar-refractivity contribution in [3.63, 3.8) is 0 Å². The van der Waals surface area contributed by atoms with Crippen LogP contribution in [0.15, 0.2) is 84.5 Å². The molecule has 2 aliphatic rings. The third-order valence-electron chi connectivity index (χ3n) is 8.44. The Morgan fingerprint density at radius 2 is 1.63 bits per heavy atom. The molecule has 0 saturated heterocycles. The molecule has 1 nitrogen and oxygen atoms in total. The Morgan fingerprint density at radius 1 is 0.943 bits per heavy atom. The van der Waals surface area contributed by atoms with E-state index in [1.807, 2.05) is 6.07 Å². The Labute approximate surface area is 220 Å². The van der Waals surface area contributed by atoms with E-state index < -0.39 is 20.3 Å². The van der Waals surface area contributed by atoms with Crippen molar-refractivity contribution in [3.8, 4) is 28.0 Å². The van der Waals surface area contributed by atoms with Gasteiger partial charge in [0.1, 0.15) is 0 Å². The van der Waals surface area contributed by atoms with E-state index in [0.29, 0.717) is 3.63 Å². The molecule has 0 N–H and O–H groups in total. The van der Waals surface area contributed by atoms with E-state index in [0.717, 1.165) is 10.8 Å². The van der Waals surface area contributed by atoms with E-state index in [1.54, 1.807) is 7.11 Å². The summed E-state index contributed by atoms with van der Waals surface area (Å²) in [5.41, 5.74) is 9.50. The first-order valence-electron chi connectivity index (χ1n) is 12.5. The molecule has 0 saturated carbocycles. The van der Waals surface area contributed by atoms with Gasteiger partial charge >= 0.3 is 221 Å². The van der Waals surface area contributed by atoms with Crippen LogP contribution >= 0.6 is 11.6 Å². The Morgan fingerprint density at radius 3 is 2.26 bits per heavy atom. The summed E-state index contributed by atoms with van der Waals surface area (Å²) in [6.45, 7) is 9.42. The number of rotatable bonds is 4. The van der Waals surface area contributed by atoms with Crippen LogP contribution in [0.3, 0.4) is 0 Å². The van der Waals surface area contributed by atoms with Crippen molar-refractivity contribution >= 4 is 11.6 Å². The molecular weight excluding hydrogens is 527 g/mol. The minimum absolute atomic E-state index is 0.0835. The molecule has 2 aliphatic carbocycles. The average Bonchev–Trinajstić information content (AvgIpc) is 3.39. The molecule has 3 aromatic rings. The zero-order chi connectivity index (χ0) is 25.2. The molecule has 3 aromatic carbocycles. The average molecular weight is 562 g/mol. The molecule has 0 spiro atoms. The first kappa shape index (κ1) is 24.8. The van der Waals surface area contributed by atoms with Crippen molar-refractivity contribution in [1.29, 1.82) is 0 Å². The molecule has 0 aromatic heterocycles. The predicted octanol–water partition coefficient (Wildman–Crippen LogP) is 10.1. The molecule has 5 rings (SSSR count). The Balaban J connectivity index is 1.81. The molecule has 0 heterocycles. The predicted molar refractivity (Wildman–Crippen MR) is 147 cm³/mol. The topological polar surface area (TPSA) is 9.23 Å². The van der Waals surface area contributed by atoms with Gasteiger partial charge in [-0.15, -0.1) is 0 Å². The minimum atomic E-state index is -3.08. The summed E-state index contributed by atoms with van der Waals surface area (Å²) in [5.74, 6) is 0.950. The Hall–Kier alpha value is -1.89. The van der Waals surface area contributed by atoms with Crippen LogP contribution in [0.5, 0.6) is 5.75 Å². The van der Waals surface area contributed by atoms with E-state index in [9.17, 15) is 0 Å². The Bertz CT molecular complexity index is 1360. The molecule has 180 valence electrons. The van der Waals surface area contributed by atoms with Gasteiger partial charge in [-0.1, -0.05) is 0 Å². The monoisotopic (exact) mass is 560 g/mol. The summed E-state index contributed by atoms with van der Waals surface area (Å²) in [7, 11) is 1.79. The molecule has 0 amide bonds. The third kappa shape index (κ3) is 3.93. The van der Waals surface area contributed by atoms with Gasteiger partial charge in [-0.05, 0) is 0 Å². The molecule has 0 fully saturated rings. The number of hydrogen-bond donors (Lipinski definition) is 0. The first-order chi connectivity index (χ1) is 16.5. The van der Waals surface area contributed by atoms with Gasteiger partial charge in [0, 0.05) is 0 Å². The van der Waals surface area contributed by atoms with Gasteiger partial charge in [-0.2, -0.15) is 0 Å². The SMILES string of the molecule is COc1ccc(-c2ccccc2)c2c1-c1ccc(Cl)cc1[CH]2[Zr]([CH3])([CH3])[C]1(C)C=CC(C(C)(C)C)=C1. The maximum absolute atomic E-state index is 6.66. The molecule has 3 heteroatoms. The van der Waals surface area contributed by atoms with Crippen molar-refractivity contribution in [2.45, 2.75) is 43.7 Å². The van der Waals surface area contributed by atoms with Gasteiger partial charge in [-0.25, -0.2) is 0 Å². The number of benzene rings is 3. The van der Waals surface area contributed by atoms with E-state index in [-0.39, 0.29) is 8.54 Å². The summed E-state index contributed by atoms with van der Waals surface area (Å²) >= 11 is 3.58. The number of fused-ring (bicyclic) bond motifs is 3. The van der Waals surface area contributed by atoms with Gasteiger partial charge in [0.15, 0.2) is 0 Å². The summed E-state index contributed by atoms with van der Waals surface area (Å²) in [4.78, 5) is 0. The fourth-order valence-corrected chi connectivity index (χ4v) is 15.3. The van der Waals surface area contributed by atoms with Gasteiger partial charge in [0.2, 0.25) is 0 Å². The maximum atomic E-state index is 6.66. The van der Waals surface area contributed by atoms with Crippen molar-refractivity contribution < 1.29 is 25.0 Å². The quantitative estimate of drug-likeness (QED) is 0.308. The summed E-state index contributed by atoms with van der Waals surface area (Å²) < 4.78 is 11.7. The fraction of sp³-hybridized carbons (Fsp3) is 0.312. The summed E-state index contributed by atoms with van der Waals surface area (Å²) in [6, 6.07) is 21.7. The van der Waals surface area contributed by atoms with Crippen LogP contribution in [0.2, 0.25) is 17.4 Å². The third-order valence-corrected chi connectivity index (χ3v) is 21.3. The van der Waals surface area contributed by atoms with Crippen LogP contribution in [0.1, 0.15) is 42.4 Å². The van der Waals surface area contributed by atoms with Crippen molar-refractivity contribution in [2.75, 3.05) is 7.11 Å². The molecule has 35 heavy (non-hydrogen) atoms. The Kier molecular flexibility index (Phi) is 6.09. The van der Waals surface area contributed by atoms with Crippen LogP contribution in [0.4, 0.5) is 0 Å². The molecule has 2 atom stereocenters. The van der Waals surface area contributed by atoms with Crippen LogP contribution in [-0.2, 0) is 20.3 Å². The number of allylic oxidation sites excluding steroid dienone is 4. The van der Waals surface area contributed by atoms with Gasteiger partial charge in [0.25, 0.3) is 0 Å². The molecule has 0 aliphatic heterocycles. The zero-order valence-electron chi connectivity index (χ0n) is 21.9. The standard InChI is InChI=1S/C20H14ClO.C10H15.2CH3.Zr/c1-22-19-10-9-16(13-5-3-2-4-6-13)18-12-14-11-15(21)7-8-17(14)20(18)19;1-8-5-6-9(7-8)10(2,3)4;;;/h2-12H,1H3;5-7H,1-4H3;2*1H3;. The van der Waals surface area contributed by atoms with Crippen LogP contribution in [-0.4, -0.2) is 7.11 Å². The van der Waals surface area contributed by atoms with E-state index in [1.165, 1.54) is 39.0 Å². The van der Waals surface area contributed by atoms with E-state index in [4.69, 9.17) is 16.3 Å². The summed E-state index contributed by atoms with van der Waals surface area (Å²) in [5, 5.41) is 0.807. The second-order valence-electron chi connectivity index (χ2n) is 11.8. The van der Waals surface area contributed by atoms with Crippen molar-refractivity contribution in [2.24, 2.45) is 5.41 Å². The molecule has 0 bridgehead atoms. The molecular formula is C32H35ClOZr. The van der Waals surface area contributed by atoms with Crippen LogP contribution in [0, 0.1) is 5.41 Å². The van der Waals surface area contributed by atoms with Gasteiger partial charge in [-0.3, -0.25) is 0 Å². The fourth-order valence-electron chi connectivity index (χ4n) is 5.98. The number of ether oxygens (including phenoxy) is 1. The van der Waals surface area contributed by atoms with Crippen LogP contribution < -0.4 is 4.74 Å². The second kappa shape index (κ2) is 8.60. The zero-order valence-corrected chi connectivity index (χ0v) is 25.1. The van der Waals surface area contributed by atoms with Crippen molar-refractivity contribution in [1.82, 2.24) is 0 Å². The van der Waals surface area contributed by atoms with Crippen LogP contribution in [0.25, 0.3) is 22.3 Å². The normalized spacial score (nSPS) is 21.0. The van der Waals surface area contributed by atoms with E-state index >= 15 is 0 Å². The molecule has 0 radical (unpaired) electrons. The first-order valence-corrected chi connectivity index (χ1v) is 20.4. The van der Waals surface area contributed by atoms with Gasteiger partial charge in [0.05, 0.1) is 0 Å². The summed E-state index contributed by atoms with van der Waals surface area (Å²) in [6.07, 6.45) is 7.49. The van der Waals surface area contributed by atoms with Crippen molar-refractivity contribution in [3.05, 3.63) is 101 Å². The number of halogens is 1. The number of hydrogen-bond acceptors (Lipinski definition) is 1. The molecule has 2 unspecified atom stereocenters.